The van der Waals surface area contributed by atoms with Gasteiger partial charge in [-0.2, -0.15) is 0 Å². The molecule has 6 amide bonds. The molecule has 73 heavy (non-hydrogen) atoms. The molecule has 12 nitrogen and oxygen atoms in total. The highest BCUT2D eigenvalue weighted by molar-refractivity contribution is 6.00. The summed E-state index contributed by atoms with van der Waals surface area (Å²) in [5.41, 5.74) is 4.18. The molecule has 5 aliphatic rings. The van der Waals surface area contributed by atoms with Crippen molar-refractivity contribution in [1.82, 2.24) is 31.1 Å². The number of rotatable bonds is 25. The summed E-state index contributed by atoms with van der Waals surface area (Å²) in [5.74, 6) is -3.72. The molecule has 2 saturated heterocycles. The lowest BCUT2D eigenvalue weighted by Gasteiger charge is -2.18. The zero-order valence-electron chi connectivity index (χ0n) is 42.7. The van der Waals surface area contributed by atoms with Crippen LogP contribution in [-0.2, 0) is 19.2 Å². The van der Waals surface area contributed by atoms with Gasteiger partial charge in [-0.1, -0.05) is 169 Å². The topological polar surface area (TPSA) is 157 Å². The second-order valence-electron chi connectivity index (χ2n) is 21.7. The molecule has 12 heteroatoms. The minimum absolute atomic E-state index is 0.0187. The Morgan fingerprint density at radius 2 is 0.699 bits per heavy atom. The third kappa shape index (κ3) is 13.5. The molecular formula is C61H76N6O6. The van der Waals surface area contributed by atoms with Crippen molar-refractivity contribution < 1.29 is 28.8 Å². The van der Waals surface area contributed by atoms with Crippen LogP contribution in [0.5, 0.6) is 0 Å². The first-order valence-corrected chi connectivity index (χ1v) is 27.7. The van der Waals surface area contributed by atoms with Crippen LogP contribution in [-0.4, -0.2) is 96.1 Å². The van der Waals surface area contributed by atoms with Crippen LogP contribution in [0.3, 0.4) is 0 Å². The third-order valence-electron chi connectivity index (χ3n) is 16.3. The van der Waals surface area contributed by atoms with Gasteiger partial charge in [0.05, 0.1) is 23.7 Å². The molecule has 0 radical (unpaired) electrons. The quantitative estimate of drug-likeness (QED) is 0.0486. The number of carbonyl (C=O) groups is 6. The number of unbranched alkanes of at least 4 members (excludes halogenated alkanes) is 11. The van der Waals surface area contributed by atoms with Crippen molar-refractivity contribution in [3.8, 4) is 0 Å². The monoisotopic (exact) mass is 989 g/mol. The summed E-state index contributed by atoms with van der Waals surface area (Å²) in [7, 11) is 0. The Morgan fingerprint density at radius 3 is 1.03 bits per heavy atom. The summed E-state index contributed by atoms with van der Waals surface area (Å²) in [6.45, 7) is 3.17. The highest BCUT2D eigenvalue weighted by Gasteiger charge is 2.50. The summed E-state index contributed by atoms with van der Waals surface area (Å²) in [4.78, 5) is 87.5. The summed E-state index contributed by atoms with van der Waals surface area (Å²) < 4.78 is 0. The Kier molecular flexibility index (Phi) is 17.4. The lowest BCUT2D eigenvalue weighted by Crippen LogP contribution is -2.43. The molecule has 2 aliphatic heterocycles. The predicted molar refractivity (Wildman–Crippen MR) is 283 cm³/mol. The number of amides is 6. The van der Waals surface area contributed by atoms with Gasteiger partial charge in [0.25, 0.3) is 11.8 Å². The van der Waals surface area contributed by atoms with Gasteiger partial charge in [0, 0.05) is 79.7 Å². The lowest BCUT2D eigenvalue weighted by molar-refractivity contribution is -0.133. The van der Waals surface area contributed by atoms with Crippen molar-refractivity contribution in [2.24, 2.45) is 23.7 Å². The highest BCUT2D eigenvalue weighted by Crippen LogP contribution is 2.44. The maximum Gasteiger partial charge on any atom is 0.253 e. The Morgan fingerprint density at radius 1 is 0.397 bits per heavy atom. The fourth-order valence-electron chi connectivity index (χ4n) is 11.6. The molecule has 4 aromatic carbocycles. The molecule has 10 atom stereocenters. The molecule has 4 aromatic rings. The maximum atomic E-state index is 14.2. The van der Waals surface area contributed by atoms with E-state index < -0.39 is 23.7 Å². The molecule has 9 rings (SSSR count). The predicted octanol–water partition coefficient (Wildman–Crippen LogP) is 8.90. The average Bonchev–Trinajstić information content (AvgIpc) is 4.39. The van der Waals surface area contributed by atoms with Crippen LogP contribution in [0.4, 0.5) is 0 Å². The van der Waals surface area contributed by atoms with E-state index in [1.54, 1.807) is 34.1 Å². The van der Waals surface area contributed by atoms with Gasteiger partial charge < -0.3 is 31.1 Å². The van der Waals surface area contributed by atoms with Crippen LogP contribution in [0.25, 0.3) is 0 Å². The van der Waals surface area contributed by atoms with E-state index in [1.807, 2.05) is 54.6 Å². The maximum absolute atomic E-state index is 14.2. The average molecular weight is 989 g/mol. The van der Waals surface area contributed by atoms with E-state index in [0.29, 0.717) is 17.7 Å². The van der Waals surface area contributed by atoms with Gasteiger partial charge in [-0.25, -0.2) is 0 Å². The van der Waals surface area contributed by atoms with Gasteiger partial charge in [0.2, 0.25) is 23.6 Å². The number of nitrogens with zero attached hydrogens (tertiary/aromatic N) is 2. The van der Waals surface area contributed by atoms with E-state index >= 15 is 0 Å². The van der Waals surface area contributed by atoms with Crippen molar-refractivity contribution in [2.75, 3.05) is 32.7 Å². The number of hydrogen-bond acceptors (Lipinski definition) is 6. The molecule has 386 valence electrons. The van der Waals surface area contributed by atoms with Crippen LogP contribution in [0.15, 0.2) is 115 Å². The van der Waals surface area contributed by atoms with Crippen LogP contribution in [0.1, 0.15) is 158 Å². The van der Waals surface area contributed by atoms with Gasteiger partial charge in [-0.15, -0.1) is 0 Å². The van der Waals surface area contributed by atoms with Crippen molar-refractivity contribution in [3.63, 3.8) is 0 Å². The van der Waals surface area contributed by atoms with E-state index in [-0.39, 0.29) is 97.5 Å². The van der Waals surface area contributed by atoms with E-state index in [2.05, 4.69) is 64.6 Å². The number of hydrogen-bond donors (Lipinski definition) is 4. The summed E-state index contributed by atoms with van der Waals surface area (Å²) in [6, 6.07) is 36.6. The SMILES string of the molecule is CCCCCCCCCCCCCCNC(=O)[C@@H]1CN(C(=O)c2ccc(C(=O)N3C[C@@H](C(=O)N[C@H]4C[C@@H]4c4ccccc4)[C@H](C(=O)N[C@H]4C[C@@H]4c4ccccc4)C3)cc2)C[C@H]1C(=O)N[C@H]1C[C@@H]1c1ccccc1. The molecule has 0 bridgehead atoms. The molecule has 5 fully saturated rings. The van der Waals surface area contributed by atoms with Gasteiger partial charge in [-0.3, -0.25) is 28.8 Å². The van der Waals surface area contributed by atoms with Crippen molar-refractivity contribution in [2.45, 2.75) is 139 Å². The highest BCUT2D eigenvalue weighted by atomic mass is 16.2. The van der Waals surface area contributed by atoms with Gasteiger partial charge in [0.15, 0.2) is 0 Å². The third-order valence-corrected chi connectivity index (χ3v) is 16.3. The second-order valence-corrected chi connectivity index (χ2v) is 21.7. The number of carbonyl (C=O) groups excluding carboxylic acids is 6. The Bertz CT molecular complexity index is 2430. The summed E-state index contributed by atoms with van der Waals surface area (Å²) in [5, 5.41) is 12.7. The van der Waals surface area contributed by atoms with Crippen LogP contribution < -0.4 is 21.3 Å². The second kappa shape index (κ2) is 24.6. The molecule has 4 N–H and O–H groups in total. The van der Waals surface area contributed by atoms with Crippen molar-refractivity contribution in [1.29, 1.82) is 0 Å². The number of nitrogens with one attached hydrogen (secondary N) is 4. The molecule has 3 saturated carbocycles. The number of likely N-dealkylation sites (tertiary alicyclic amines) is 2. The standard InChI is InChI=1S/C61H76N6O6/c1-2-3-4-5-6-7-8-9-10-11-12-22-33-62-56(68)49-37-66(38-50(49)57(69)63-53-34-46(53)41-23-16-13-17-24-41)60(72)44-29-31-45(32-30-44)61(73)67-39-51(58(70)64-54-35-47(54)42-25-18-14-19-26-42)52(40-67)59(71)65-55-36-48(55)43-27-20-15-21-28-43/h13-21,23-32,46-55H,2-12,22,33-40H2,1H3,(H,62,68)(H,63,69)(H,64,70)(H,65,71)/t46-,47-,48-,49-,50-,51-,52-,53+,54+,55+/m1/s1. The molecule has 0 unspecified atom stereocenters. The fourth-order valence-corrected chi connectivity index (χ4v) is 11.6. The molecule has 3 aliphatic carbocycles. The van der Waals surface area contributed by atoms with E-state index in [4.69, 9.17) is 0 Å². The normalized spacial score (nSPS) is 25.7. The van der Waals surface area contributed by atoms with E-state index in [1.165, 1.54) is 74.5 Å². The van der Waals surface area contributed by atoms with E-state index in [9.17, 15) is 28.8 Å². The van der Waals surface area contributed by atoms with Crippen LogP contribution >= 0.6 is 0 Å². The fraction of sp³-hybridized carbons (Fsp3) is 0.508. The first kappa shape index (κ1) is 51.6. The lowest BCUT2D eigenvalue weighted by atomic mass is 9.94. The Hall–Kier alpha value is -6.30. The van der Waals surface area contributed by atoms with E-state index in [0.717, 1.165) is 38.5 Å². The zero-order valence-corrected chi connectivity index (χ0v) is 42.7. The summed E-state index contributed by atoms with van der Waals surface area (Å²) in [6.07, 6.45) is 17.2. The zero-order chi connectivity index (χ0) is 50.7. The van der Waals surface area contributed by atoms with Crippen molar-refractivity contribution in [3.05, 3.63) is 143 Å². The van der Waals surface area contributed by atoms with Crippen LogP contribution in [0.2, 0.25) is 0 Å². The molecular weight excluding hydrogens is 913 g/mol. The first-order chi connectivity index (χ1) is 35.7. The molecule has 0 aromatic heterocycles. The van der Waals surface area contributed by atoms with Crippen LogP contribution in [0, 0.1) is 23.7 Å². The summed E-state index contributed by atoms with van der Waals surface area (Å²) >= 11 is 0. The van der Waals surface area contributed by atoms with Gasteiger partial charge in [0.1, 0.15) is 0 Å². The Balaban J connectivity index is 0.804. The van der Waals surface area contributed by atoms with Crippen molar-refractivity contribution >= 4 is 35.4 Å². The largest absolute Gasteiger partial charge is 0.356 e. The number of benzene rings is 4. The minimum atomic E-state index is -0.727. The smallest absolute Gasteiger partial charge is 0.253 e. The molecule has 2 heterocycles. The minimum Gasteiger partial charge on any atom is -0.356 e. The van der Waals surface area contributed by atoms with Gasteiger partial charge >= 0.3 is 0 Å². The first-order valence-electron chi connectivity index (χ1n) is 27.7. The Labute approximate surface area is 432 Å². The van der Waals surface area contributed by atoms with Gasteiger partial charge in [-0.05, 0) is 66.6 Å². The molecule has 0 spiro atoms.